The van der Waals surface area contributed by atoms with Gasteiger partial charge >= 0.3 is 5.97 Å². The fourth-order valence-electron chi connectivity index (χ4n) is 2.39. The van der Waals surface area contributed by atoms with Crippen LogP contribution in [0.5, 0.6) is 0 Å². The number of esters is 1. The van der Waals surface area contributed by atoms with Gasteiger partial charge in [0.25, 0.3) is 0 Å². The van der Waals surface area contributed by atoms with Gasteiger partial charge in [0.15, 0.2) is 0 Å². The first-order chi connectivity index (χ1) is 9.29. The Kier molecular flexibility index (Phi) is 5.20. The van der Waals surface area contributed by atoms with Crippen LogP contribution in [0.25, 0.3) is 0 Å². The summed E-state index contributed by atoms with van der Waals surface area (Å²) >= 11 is 0. The first-order valence-electron chi connectivity index (χ1n) is 7.25. The molecule has 1 aromatic carbocycles. The van der Waals surface area contributed by atoms with Gasteiger partial charge in [0.05, 0.1) is 0 Å². The molecule has 1 atom stereocenters. The van der Waals surface area contributed by atoms with Crippen molar-refractivity contribution in [3.63, 3.8) is 0 Å². The first kappa shape index (κ1) is 13.9. The van der Waals surface area contributed by atoms with E-state index in [1.807, 2.05) is 24.3 Å². The van der Waals surface area contributed by atoms with Crippen LogP contribution in [0.4, 0.5) is 0 Å². The number of unbranched alkanes of at least 4 members (excludes halogenated alkanes) is 2. The lowest BCUT2D eigenvalue weighted by molar-refractivity contribution is -0.140. The molecule has 1 aliphatic rings. The Balaban J connectivity index is 1.82. The van der Waals surface area contributed by atoms with E-state index >= 15 is 0 Å². The van der Waals surface area contributed by atoms with Crippen molar-refractivity contribution < 1.29 is 9.53 Å². The number of hydrogen-bond donors (Lipinski definition) is 0. The fourth-order valence-corrected chi connectivity index (χ4v) is 2.39. The van der Waals surface area contributed by atoms with Crippen molar-refractivity contribution >= 4 is 5.97 Å². The van der Waals surface area contributed by atoms with Crippen molar-refractivity contribution in [1.29, 1.82) is 0 Å². The molecule has 0 saturated carbocycles. The third-order valence-electron chi connectivity index (χ3n) is 3.53. The molecule has 102 valence electrons. The van der Waals surface area contributed by atoms with Crippen molar-refractivity contribution in [2.45, 2.75) is 51.6 Å². The summed E-state index contributed by atoms with van der Waals surface area (Å²) in [4.78, 5) is 11.7. The largest absolute Gasteiger partial charge is 0.455 e. The Labute approximate surface area is 115 Å². The molecule has 1 heterocycles. The molecule has 0 fully saturated rings. The average Bonchev–Trinajstić information content (AvgIpc) is 2.78. The highest BCUT2D eigenvalue weighted by molar-refractivity contribution is 5.90. The molecule has 0 N–H and O–H groups in total. The highest BCUT2D eigenvalue weighted by Crippen LogP contribution is 2.22. The van der Waals surface area contributed by atoms with Crippen LogP contribution in [0.2, 0.25) is 0 Å². The lowest BCUT2D eigenvalue weighted by Gasteiger charge is -2.06. The van der Waals surface area contributed by atoms with Crippen molar-refractivity contribution in [3.05, 3.63) is 47.5 Å². The van der Waals surface area contributed by atoms with Crippen LogP contribution in [0.3, 0.4) is 0 Å². The number of rotatable bonds is 7. The minimum atomic E-state index is -0.113. The zero-order valence-corrected chi connectivity index (χ0v) is 11.6. The molecular formula is C17H22O2. The number of benzene rings is 1. The molecule has 19 heavy (non-hydrogen) atoms. The van der Waals surface area contributed by atoms with Crippen molar-refractivity contribution in [2.75, 3.05) is 0 Å². The number of aryl methyl sites for hydroxylation is 1. The lowest BCUT2D eigenvalue weighted by atomic mass is 10.0. The van der Waals surface area contributed by atoms with E-state index < -0.39 is 0 Å². The first-order valence-corrected chi connectivity index (χ1v) is 7.25. The Morgan fingerprint density at radius 3 is 2.63 bits per heavy atom. The number of ether oxygens (including phenoxy) is 1. The van der Waals surface area contributed by atoms with E-state index in [1.54, 1.807) is 0 Å². The predicted octanol–water partition coefficient (Wildman–Crippen LogP) is 4.05. The summed E-state index contributed by atoms with van der Waals surface area (Å²) < 4.78 is 5.38. The molecule has 2 heteroatoms. The van der Waals surface area contributed by atoms with Gasteiger partial charge in [0, 0.05) is 5.57 Å². The highest BCUT2D eigenvalue weighted by Gasteiger charge is 2.24. The highest BCUT2D eigenvalue weighted by atomic mass is 16.5. The second-order valence-corrected chi connectivity index (χ2v) is 5.12. The fraction of sp³-hybridized carbons (Fsp3) is 0.471. The van der Waals surface area contributed by atoms with Gasteiger partial charge in [-0.05, 0) is 37.3 Å². The van der Waals surface area contributed by atoms with Gasteiger partial charge in [0.2, 0.25) is 0 Å². The van der Waals surface area contributed by atoms with E-state index in [9.17, 15) is 4.79 Å². The van der Waals surface area contributed by atoms with Gasteiger partial charge in [-0.15, -0.1) is 0 Å². The molecule has 0 aliphatic carbocycles. The minimum absolute atomic E-state index is 0.0184. The Morgan fingerprint density at radius 1 is 1.11 bits per heavy atom. The van der Waals surface area contributed by atoms with Gasteiger partial charge in [0.1, 0.15) is 6.10 Å². The van der Waals surface area contributed by atoms with Gasteiger partial charge in [-0.3, -0.25) is 0 Å². The summed E-state index contributed by atoms with van der Waals surface area (Å²) in [6.07, 6.45) is 8.25. The lowest BCUT2D eigenvalue weighted by Crippen LogP contribution is -2.08. The quantitative estimate of drug-likeness (QED) is 0.545. The summed E-state index contributed by atoms with van der Waals surface area (Å²) in [6.45, 7) is 2.18. The van der Waals surface area contributed by atoms with Crippen molar-refractivity contribution in [3.8, 4) is 0 Å². The molecule has 2 nitrogen and oxygen atoms in total. The van der Waals surface area contributed by atoms with Crippen LogP contribution in [0.15, 0.2) is 42.0 Å². The summed E-state index contributed by atoms with van der Waals surface area (Å²) in [5.41, 5.74) is 2.12. The predicted molar refractivity (Wildman–Crippen MR) is 76.9 cm³/mol. The Hall–Kier alpha value is -1.57. The molecule has 0 amide bonds. The molecule has 0 saturated heterocycles. The Morgan fingerprint density at radius 2 is 1.89 bits per heavy atom. The van der Waals surface area contributed by atoms with Gasteiger partial charge in [-0.2, -0.15) is 0 Å². The topological polar surface area (TPSA) is 26.3 Å². The van der Waals surface area contributed by atoms with E-state index in [4.69, 9.17) is 4.74 Å². The zero-order chi connectivity index (χ0) is 13.5. The maximum absolute atomic E-state index is 11.7. The second-order valence-electron chi connectivity index (χ2n) is 5.12. The molecule has 2 rings (SSSR count). The van der Waals surface area contributed by atoms with Gasteiger partial charge in [-0.1, -0.05) is 50.1 Å². The molecule has 1 aliphatic heterocycles. The van der Waals surface area contributed by atoms with E-state index in [-0.39, 0.29) is 12.1 Å². The van der Waals surface area contributed by atoms with Crippen LogP contribution in [-0.4, -0.2) is 12.1 Å². The maximum Gasteiger partial charge on any atom is 0.334 e. The molecule has 1 aromatic rings. The average molecular weight is 258 g/mol. The van der Waals surface area contributed by atoms with E-state index in [0.717, 1.165) is 31.3 Å². The summed E-state index contributed by atoms with van der Waals surface area (Å²) in [7, 11) is 0. The number of hydrogen-bond acceptors (Lipinski definition) is 2. The summed E-state index contributed by atoms with van der Waals surface area (Å²) in [6, 6.07) is 10.3. The molecule has 0 spiro atoms. The normalized spacial score (nSPS) is 18.3. The van der Waals surface area contributed by atoms with Gasteiger partial charge < -0.3 is 4.74 Å². The molecule has 0 radical (unpaired) electrons. The van der Waals surface area contributed by atoms with Gasteiger partial charge in [-0.25, -0.2) is 4.79 Å². The summed E-state index contributed by atoms with van der Waals surface area (Å²) in [5, 5.41) is 0. The van der Waals surface area contributed by atoms with Crippen LogP contribution in [-0.2, 0) is 16.0 Å². The zero-order valence-electron chi connectivity index (χ0n) is 11.6. The monoisotopic (exact) mass is 258 g/mol. The van der Waals surface area contributed by atoms with E-state index in [0.29, 0.717) is 0 Å². The molecular weight excluding hydrogens is 236 g/mol. The van der Waals surface area contributed by atoms with Crippen LogP contribution >= 0.6 is 0 Å². The maximum atomic E-state index is 11.7. The van der Waals surface area contributed by atoms with E-state index in [2.05, 4.69) is 19.1 Å². The minimum Gasteiger partial charge on any atom is -0.455 e. The smallest absolute Gasteiger partial charge is 0.334 e. The molecule has 0 bridgehead atoms. The van der Waals surface area contributed by atoms with Crippen LogP contribution < -0.4 is 0 Å². The third kappa shape index (κ3) is 4.23. The number of carbonyl (C=O) groups excluding carboxylic acids is 1. The van der Waals surface area contributed by atoms with Crippen LogP contribution in [0.1, 0.15) is 44.6 Å². The standard InChI is InChI=1S/C17H22O2/c1-2-3-5-10-16-13-15(17(18)19-16)12-11-14-8-6-4-7-9-14/h4,6-9,13,16H,2-3,5,10-12H2,1H3. The van der Waals surface area contributed by atoms with Crippen molar-refractivity contribution in [1.82, 2.24) is 0 Å². The molecule has 1 unspecified atom stereocenters. The molecule has 0 aromatic heterocycles. The summed E-state index contributed by atoms with van der Waals surface area (Å²) in [5.74, 6) is -0.113. The third-order valence-corrected chi connectivity index (χ3v) is 3.53. The SMILES string of the molecule is CCCCCC1C=C(CCc2ccccc2)C(=O)O1. The number of carbonyl (C=O) groups is 1. The van der Waals surface area contributed by atoms with Crippen molar-refractivity contribution in [2.24, 2.45) is 0 Å². The van der Waals surface area contributed by atoms with E-state index in [1.165, 1.54) is 18.4 Å². The Bertz CT molecular complexity index is 434. The second kappa shape index (κ2) is 7.13. The van der Waals surface area contributed by atoms with Crippen LogP contribution in [0, 0.1) is 0 Å². The number of cyclic esters (lactones) is 1.